The molecule has 22 heavy (non-hydrogen) atoms. The molecule has 0 radical (unpaired) electrons. The highest BCUT2D eigenvalue weighted by Crippen LogP contribution is 2.15. The Morgan fingerprint density at radius 3 is 2.41 bits per heavy atom. The molecule has 2 amide bonds. The van der Waals surface area contributed by atoms with E-state index < -0.39 is 11.9 Å². The number of benzene rings is 1. The number of halogens is 1. The van der Waals surface area contributed by atoms with Crippen molar-refractivity contribution in [3.8, 4) is 0 Å². The lowest BCUT2D eigenvalue weighted by molar-refractivity contribution is -0.120. The lowest BCUT2D eigenvalue weighted by Crippen LogP contribution is -2.44. The maximum Gasteiger partial charge on any atom is 0.253 e. The molecule has 0 aliphatic rings. The van der Waals surface area contributed by atoms with Crippen molar-refractivity contribution in [3.63, 3.8) is 0 Å². The van der Waals surface area contributed by atoms with Crippen LogP contribution in [-0.2, 0) is 4.79 Å². The van der Waals surface area contributed by atoms with Crippen LogP contribution in [0.5, 0.6) is 0 Å². The third-order valence-electron chi connectivity index (χ3n) is 3.61. The maximum atomic E-state index is 12.2. The second-order valence-corrected chi connectivity index (χ2v) is 5.87. The molecule has 0 fully saturated rings. The van der Waals surface area contributed by atoms with Crippen LogP contribution >= 0.6 is 11.6 Å². The third-order valence-corrected chi connectivity index (χ3v) is 3.94. The van der Waals surface area contributed by atoms with Gasteiger partial charge in [-0.25, -0.2) is 0 Å². The van der Waals surface area contributed by atoms with Crippen LogP contribution < -0.4 is 11.1 Å². The Labute approximate surface area is 137 Å². The molecule has 1 rings (SSSR count). The zero-order valence-corrected chi connectivity index (χ0v) is 13.9. The van der Waals surface area contributed by atoms with E-state index in [9.17, 15) is 9.59 Å². The zero-order chi connectivity index (χ0) is 16.4. The van der Waals surface area contributed by atoms with Crippen LogP contribution in [0.1, 0.15) is 62.2 Å². The summed E-state index contributed by atoms with van der Waals surface area (Å²) < 4.78 is 0. The van der Waals surface area contributed by atoms with Gasteiger partial charge in [-0.05, 0) is 18.6 Å². The Morgan fingerprint density at radius 2 is 1.77 bits per heavy atom. The second kappa shape index (κ2) is 10.2. The van der Waals surface area contributed by atoms with E-state index in [-0.39, 0.29) is 5.91 Å². The van der Waals surface area contributed by atoms with E-state index in [4.69, 9.17) is 17.3 Å². The highest BCUT2D eigenvalue weighted by molar-refractivity contribution is 6.33. The number of rotatable bonds is 10. The van der Waals surface area contributed by atoms with Crippen LogP contribution in [0.25, 0.3) is 0 Å². The molecule has 4 nitrogen and oxygen atoms in total. The van der Waals surface area contributed by atoms with Gasteiger partial charge < -0.3 is 11.1 Å². The molecule has 0 aliphatic carbocycles. The number of unbranched alkanes of at least 4 members (excludes halogenated alkanes) is 5. The molecular weight excluding hydrogens is 300 g/mol. The average Bonchev–Trinajstić information content (AvgIpc) is 2.49. The lowest BCUT2D eigenvalue weighted by Gasteiger charge is -2.16. The van der Waals surface area contributed by atoms with Crippen molar-refractivity contribution in [2.24, 2.45) is 5.73 Å². The molecule has 5 heteroatoms. The summed E-state index contributed by atoms with van der Waals surface area (Å²) in [6, 6.07) is 6.11. The number of primary amides is 1. The number of carbonyl (C=O) groups is 2. The van der Waals surface area contributed by atoms with E-state index in [2.05, 4.69) is 12.2 Å². The molecule has 3 N–H and O–H groups in total. The van der Waals surface area contributed by atoms with E-state index >= 15 is 0 Å². The summed E-state index contributed by atoms with van der Waals surface area (Å²) in [6.07, 6.45) is 7.30. The van der Waals surface area contributed by atoms with Crippen molar-refractivity contribution in [2.75, 3.05) is 0 Å². The highest BCUT2D eigenvalue weighted by atomic mass is 35.5. The first-order valence-corrected chi connectivity index (χ1v) is 8.28. The van der Waals surface area contributed by atoms with Gasteiger partial charge in [0.1, 0.15) is 6.04 Å². The standard InChI is InChI=1S/C17H25ClN2O2/c1-2-3-4-5-6-7-12-15(16(19)21)20-17(22)13-10-8-9-11-14(13)18/h8-11,15H,2-7,12H2,1H3,(H2,19,21)(H,20,22)/t15-/m0/s1. The Hall–Kier alpha value is -1.55. The van der Waals surface area contributed by atoms with Gasteiger partial charge in [0.2, 0.25) is 5.91 Å². The fourth-order valence-corrected chi connectivity index (χ4v) is 2.52. The molecule has 0 aromatic heterocycles. The first kappa shape index (κ1) is 18.5. The number of carbonyl (C=O) groups excluding carboxylic acids is 2. The predicted octanol–water partition coefficient (Wildman–Crippen LogP) is 3.67. The SMILES string of the molecule is CCCCCCCC[C@H](NC(=O)c1ccccc1Cl)C(N)=O. The average molecular weight is 325 g/mol. The van der Waals surface area contributed by atoms with E-state index in [1.807, 2.05) is 0 Å². The summed E-state index contributed by atoms with van der Waals surface area (Å²) in [5, 5.41) is 3.04. The summed E-state index contributed by atoms with van der Waals surface area (Å²) in [5.41, 5.74) is 5.74. The Balaban J connectivity index is 2.45. The van der Waals surface area contributed by atoms with E-state index in [0.29, 0.717) is 17.0 Å². The number of nitrogens with one attached hydrogen (secondary N) is 1. The number of nitrogens with two attached hydrogens (primary N) is 1. The molecule has 0 bridgehead atoms. The van der Waals surface area contributed by atoms with Gasteiger partial charge in [-0.2, -0.15) is 0 Å². The van der Waals surface area contributed by atoms with E-state index in [1.54, 1.807) is 24.3 Å². The topological polar surface area (TPSA) is 72.2 Å². The molecule has 122 valence electrons. The summed E-state index contributed by atoms with van der Waals surface area (Å²) in [4.78, 5) is 23.6. The van der Waals surface area contributed by atoms with E-state index in [0.717, 1.165) is 19.3 Å². The second-order valence-electron chi connectivity index (χ2n) is 5.46. The molecule has 1 aromatic rings. The van der Waals surface area contributed by atoms with Gasteiger partial charge in [-0.15, -0.1) is 0 Å². The summed E-state index contributed by atoms with van der Waals surface area (Å²) in [5.74, 6) is -0.866. The van der Waals surface area contributed by atoms with Gasteiger partial charge in [-0.1, -0.05) is 69.2 Å². The van der Waals surface area contributed by atoms with Gasteiger partial charge >= 0.3 is 0 Å². The van der Waals surface area contributed by atoms with Gasteiger partial charge in [0.05, 0.1) is 10.6 Å². The van der Waals surface area contributed by atoms with Gasteiger partial charge in [-0.3, -0.25) is 9.59 Å². The van der Waals surface area contributed by atoms with Crippen molar-refractivity contribution >= 4 is 23.4 Å². The molecule has 0 saturated carbocycles. The Morgan fingerprint density at radius 1 is 1.14 bits per heavy atom. The molecule has 0 saturated heterocycles. The van der Waals surface area contributed by atoms with Gasteiger partial charge in [0.15, 0.2) is 0 Å². The quantitative estimate of drug-likeness (QED) is 0.644. The normalized spacial score (nSPS) is 11.9. The summed E-state index contributed by atoms with van der Waals surface area (Å²) in [6.45, 7) is 2.17. The summed E-state index contributed by atoms with van der Waals surface area (Å²) in [7, 11) is 0. The fourth-order valence-electron chi connectivity index (χ4n) is 2.30. The van der Waals surface area contributed by atoms with Crippen molar-refractivity contribution in [2.45, 2.75) is 57.9 Å². The molecular formula is C17H25ClN2O2. The summed E-state index contributed by atoms with van der Waals surface area (Å²) >= 11 is 5.98. The third kappa shape index (κ3) is 6.48. The van der Waals surface area contributed by atoms with Crippen LogP contribution in [0, 0.1) is 0 Å². The minimum absolute atomic E-state index is 0.360. The highest BCUT2D eigenvalue weighted by Gasteiger charge is 2.19. The predicted molar refractivity (Wildman–Crippen MR) is 89.9 cm³/mol. The monoisotopic (exact) mass is 324 g/mol. The Kier molecular flexibility index (Phi) is 8.60. The number of amides is 2. The van der Waals surface area contributed by atoms with E-state index in [1.165, 1.54) is 19.3 Å². The molecule has 0 spiro atoms. The van der Waals surface area contributed by atoms with Crippen molar-refractivity contribution in [3.05, 3.63) is 34.9 Å². The zero-order valence-electron chi connectivity index (χ0n) is 13.1. The first-order valence-electron chi connectivity index (χ1n) is 7.91. The lowest BCUT2D eigenvalue weighted by atomic mass is 10.0. The molecule has 1 aromatic carbocycles. The minimum Gasteiger partial charge on any atom is -0.368 e. The van der Waals surface area contributed by atoms with Crippen molar-refractivity contribution in [1.82, 2.24) is 5.32 Å². The van der Waals surface area contributed by atoms with Crippen LogP contribution in [0.2, 0.25) is 5.02 Å². The van der Waals surface area contributed by atoms with Crippen LogP contribution in [-0.4, -0.2) is 17.9 Å². The van der Waals surface area contributed by atoms with Crippen LogP contribution in [0.4, 0.5) is 0 Å². The molecule has 1 atom stereocenters. The first-order chi connectivity index (χ1) is 10.6. The Bertz CT molecular complexity index is 491. The van der Waals surface area contributed by atoms with Gasteiger partial charge in [0.25, 0.3) is 5.91 Å². The van der Waals surface area contributed by atoms with Crippen molar-refractivity contribution in [1.29, 1.82) is 0 Å². The maximum absolute atomic E-state index is 12.2. The van der Waals surface area contributed by atoms with Gasteiger partial charge in [0, 0.05) is 0 Å². The van der Waals surface area contributed by atoms with Crippen LogP contribution in [0.3, 0.4) is 0 Å². The molecule has 0 unspecified atom stereocenters. The van der Waals surface area contributed by atoms with Crippen molar-refractivity contribution < 1.29 is 9.59 Å². The minimum atomic E-state index is -0.644. The smallest absolute Gasteiger partial charge is 0.253 e. The number of hydrogen-bond donors (Lipinski definition) is 2. The molecule has 0 heterocycles. The fraction of sp³-hybridized carbons (Fsp3) is 0.529. The number of hydrogen-bond acceptors (Lipinski definition) is 2. The molecule has 0 aliphatic heterocycles. The largest absolute Gasteiger partial charge is 0.368 e. The van der Waals surface area contributed by atoms with Crippen LogP contribution in [0.15, 0.2) is 24.3 Å².